The number of nitrogens with one attached hydrogen (secondary N) is 2. The number of hydrogen-bond acceptors (Lipinski definition) is 4. The topological polar surface area (TPSA) is 98.7 Å². The summed E-state index contributed by atoms with van der Waals surface area (Å²) in [6.07, 6.45) is -0.319. The molecule has 4 rings (SSSR count). The second-order valence-corrected chi connectivity index (χ2v) is 7.40. The number of amides is 3. The van der Waals surface area contributed by atoms with Crippen molar-refractivity contribution < 1.29 is 19.5 Å². The molecule has 0 saturated carbocycles. The summed E-state index contributed by atoms with van der Waals surface area (Å²) in [5.41, 5.74) is 4.49. The van der Waals surface area contributed by atoms with E-state index in [2.05, 4.69) is 10.6 Å². The molecular formula is C24H21N3O4. The lowest BCUT2D eigenvalue weighted by Gasteiger charge is -2.23. The van der Waals surface area contributed by atoms with Crippen LogP contribution >= 0.6 is 0 Å². The van der Waals surface area contributed by atoms with Crippen LogP contribution in [-0.2, 0) is 9.59 Å². The Kier molecular flexibility index (Phi) is 5.17. The van der Waals surface area contributed by atoms with E-state index in [4.69, 9.17) is 0 Å². The zero-order valence-corrected chi connectivity index (χ0v) is 17.1. The molecule has 0 bridgehead atoms. The van der Waals surface area contributed by atoms with E-state index in [1.54, 1.807) is 36.4 Å². The Morgan fingerprint density at radius 1 is 1.03 bits per heavy atom. The van der Waals surface area contributed by atoms with Crippen LogP contribution in [0.1, 0.15) is 27.9 Å². The van der Waals surface area contributed by atoms with Crippen molar-refractivity contribution in [1.82, 2.24) is 0 Å². The molecule has 3 aromatic carbocycles. The highest BCUT2D eigenvalue weighted by Gasteiger charge is 2.27. The maximum Gasteiger partial charge on any atom is 0.255 e. The van der Waals surface area contributed by atoms with Gasteiger partial charge in [-0.2, -0.15) is 0 Å². The van der Waals surface area contributed by atoms with Crippen molar-refractivity contribution in [3.8, 4) is 5.75 Å². The molecule has 3 aromatic rings. The van der Waals surface area contributed by atoms with E-state index in [0.29, 0.717) is 28.3 Å². The maximum atomic E-state index is 12.7. The third kappa shape index (κ3) is 3.98. The van der Waals surface area contributed by atoms with Gasteiger partial charge < -0.3 is 15.7 Å². The number of nitrogens with zero attached hydrogens (tertiary/aromatic N) is 1. The fraction of sp³-hybridized carbons (Fsp3) is 0.125. The fourth-order valence-corrected chi connectivity index (χ4v) is 3.54. The molecule has 7 heteroatoms. The number of fused-ring (bicyclic) bond motifs is 1. The molecule has 0 saturated heterocycles. The zero-order valence-electron chi connectivity index (χ0n) is 17.1. The first-order valence-electron chi connectivity index (χ1n) is 9.77. The monoisotopic (exact) mass is 415 g/mol. The molecule has 0 radical (unpaired) electrons. The Bertz CT molecular complexity index is 1200. The molecule has 0 spiro atoms. The van der Waals surface area contributed by atoms with Crippen LogP contribution in [0.3, 0.4) is 0 Å². The van der Waals surface area contributed by atoms with Crippen molar-refractivity contribution in [3.63, 3.8) is 0 Å². The van der Waals surface area contributed by atoms with Crippen molar-refractivity contribution in [1.29, 1.82) is 0 Å². The average Bonchev–Trinajstić information content (AvgIpc) is 2.84. The highest BCUT2D eigenvalue weighted by Crippen LogP contribution is 2.37. The van der Waals surface area contributed by atoms with Gasteiger partial charge in [0.2, 0.25) is 11.8 Å². The first-order chi connectivity index (χ1) is 14.8. The van der Waals surface area contributed by atoms with Gasteiger partial charge in [0, 0.05) is 23.0 Å². The van der Waals surface area contributed by atoms with Gasteiger partial charge >= 0.3 is 0 Å². The Morgan fingerprint density at radius 2 is 1.77 bits per heavy atom. The van der Waals surface area contributed by atoms with Gasteiger partial charge in [0.1, 0.15) is 12.2 Å². The van der Waals surface area contributed by atoms with E-state index in [0.717, 1.165) is 11.1 Å². The Morgan fingerprint density at radius 3 is 2.52 bits per heavy atom. The van der Waals surface area contributed by atoms with E-state index in [1.165, 1.54) is 17.0 Å². The van der Waals surface area contributed by atoms with Crippen LogP contribution in [0.4, 0.5) is 22.7 Å². The van der Waals surface area contributed by atoms with Crippen LogP contribution in [0, 0.1) is 13.8 Å². The van der Waals surface area contributed by atoms with Gasteiger partial charge in [-0.15, -0.1) is 0 Å². The van der Waals surface area contributed by atoms with Gasteiger partial charge in [-0.25, -0.2) is 0 Å². The van der Waals surface area contributed by atoms with Gasteiger partial charge in [-0.3, -0.25) is 19.3 Å². The molecule has 0 unspecified atom stereocenters. The second kappa shape index (κ2) is 7.95. The van der Waals surface area contributed by atoms with Gasteiger partial charge in [0.05, 0.1) is 11.4 Å². The first-order valence-corrected chi connectivity index (χ1v) is 9.77. The first kappa shape index (κ1) is 20.2. The minimum Gasteiger partial charge on any atom is -0.508 e. The van der Waals surface area contributed by atoms with E-state index >= 15 is 0 Å². The third-order valence-electron chi connectivity index (χ3n) is 5.29. The van der Waals surface area contributed by atoms with Gasteiger partial charge in [-0.05, 0) is 67.4 Å². The smallest absolute Gasteiger partial charge is 0.255 e. The predicted octanol–water partition coefficient (Wildman–Crippen LogP) is 4.27. The summed E-state index contributed by atoms with van der Waals surface area (Å²) < 4.78 is 0. The highest BCUT2D eigenvalue weighted by molar-refractivity contribution is 6.17. The molecule has 0 aromatic heterocycles. The zero-order chi connectivity index (χ0) is 22.1. The molecule has 1 heterocycles. The highest BCUT2D eigenvalue weighted by atomic mass is 16.3. The average molecular weight is 415 g/mol. The number of phenols is 1. The lowest BCUT2D eigenvalue weighted by Crippen LogP contribution is -2.26. The summed E-state index contributed by atoms with van der Waals surface area (Å²) >= 11 is 0. The van der Waals surface area contributed by atoms with Crippen LogP contribution in [0.2, 0.25) is 0 Å². The third-order valence-corrected chi connectivity index (χ3v) is 5.29. The molecule has 0 aliphatic carbocycles. The molecule has 0 atom stereocenters. The second-order valence-electron chi connectivity index (χ2n) is 7.40. The van der Waals surface area contributed by atoms with E-state index in [1.807, 2.05) is 26.0 Å². The SMILES string of the molecule is Cc1cccc(C(=O)Nc2ccc(N3C(=O)CC(=O)Nc4cc(O)ccc43)cc2)c1C. The van der Waals surface area contributed by atoms with E-state index in [9.17, 15) is 19.5 Å². The number of phenolic OH excluding ortho intramolecular Hbond substituents is 1. The number of rotatable bonds is 3. The number of anilines is 4. The number of carbonyl (C=O) groups is 3. The number of carbonyl (C=O) groups excluding carboxylic acids is 3. The fourth-order valence-electron chi connectivity index (χ4n) is 3.54. The van der Waals surface area contributed by atoms with Crippen LogP contribution < -0.4 is 15.5 Å². The molecule has 3 N–H and O–H groups in total. The van der Waals surface area contributed by atoms with Crippen LogP contribution in [-0.4, -0.2) is 22.8 Å². The molecule has 0 fully saturated rings. The number of hydrogen-bond donors (Lipinski definition) is 3. The van der Waals surface area contributed by atoms with Crippen molar-refractivity contribution in [2.24, 2.45) is 0 Å². The minimum absolute atomic E-state index is 0.0159. The van der Waals surface area contributed by atoms with Crippen LogP contribution in [0.15, 0.2) is 60.7 Å². The quantitative estimate of drug-likeness (QED) is 0.557. The Hall–Kier alpha value is -4.13. The summed E-state index contributed by atoms with van der Waals surface area (Å²) in [5.74, 6) is -1.07. The lowest BCUT2D eigenvalue weighted by atomic mass is 10.0. The maximum absolute atomic E-state index is 12.7. The Balaban J connectivity index is 1.62. The molecule has 1 aliphatic heterocycles. The van der Waals surface area contributed by atoms with E-state index in [-0.39, 0.29) is 18.1 Å². The van der Waals surface area contributed by atoms with Gasteiger partial charge in [0.25, 0.3) is 5.91 Å². The minimum atomic E-state index is -0.447. The predicted molar refractivity (Wildman–Crippen MR) is 119 cm³/mol. The molecule has 7 nitrogen and oxygen atoms in total. The van der Waals surface area contributed by atoms with Crippen molar-refractivity contribution >= 4 is 40.5 Å². The van der Waals surface area contributed by atoms with Crippen molar-refractivity contribution in [2.75, 3.05) is 15.5 Å². The summed E-state index contributed by atoms with van der Waals surface area (Å²) in [6, 6.07) is 16.8. The summed E-state index contributed by atoms with van der Waals surface area (Å²) in [6.45, 7) is 3.86. The van der Waals surface area contributed by atoms with Gasteiger partial charge in [-0.1, -0.05) is 12.1 Å². The molecule has 31 heavy (non-hydrogen) atoms. The van der Waals surface area contributed by atoms with E-state index < -0.39 is 11.8 Å². The lowest BCUT2D eigenvalue weighted by molar-refractivity contribution is -0.124. The van der Waals surface area contributed by atoms with Gasteiger partial charge in [0.15, 0.2) is 0 Å². The van der Waals surface area contributed by atoms with Crippen molar-refractivity contribution in [3.05, 3.63) is 77.4 Å². The number of aryl methyl sites for hydroxylation is 1. The van der Waals surface area contributed by atoms with Crippen molar-refractivity contribution in [2.45, 2.75) is 20.3 Å². The standard InChI is InChI=1S/C24H21N3O4/c1-14-4-3-5-19(15(14)2)24(31)25-16-6-8-17(9-7-16)27-21-11-10-18(28)12-20(21)26-22(29)13-23(27)30/h3-12,28H,13H2,1-2H3,(H,25,31)(H,26,29). The summed E-state index contributed by atoms with van der Waals surface area (Å²) in [4.78, 5) is 38.8. The summed E-state index contributed by atoms with van der Waals surface area (Å²) in [5, 5.41) is 15.3. The Labute approximate surface area is 179 Å². The molecule has 3 amide bonds. The number of aromatic hydroxyl groups is 1. The summed E-state index contributed by atoms with van der Waals surface area (Å²) in [7, 11) is 0. The molecular weight excluding hydrogens is 394 g/mol. The van der Waals surface area contributed by atoms with Crippen LogP contribution in [0.25, 0.3) is 0 Å². The normalized spacial score (nSPS) is 13.3. The largest absolute Gasteiger partial charge is 0.508 e. The number of benzene rings is 3. The van der Waals surface area contributed by atoms with Crippen LogP contribution in [0.5, 0.6) is 5.75 Å². The molecule has 1 aliphatic rings. The molecule has 156 valence electrons.